The SMILES string of the molecule is COc1ccc(C(=O)OOC(=O)c2cccc(Br)c2)cc1. The maximum atomic E-state index is 11.7. The number of rotatable bonds is 3. The van der Waals surface area contributed by atoms with Crippen molar-refractivity contribution < 1.29 is 24.1 Å². The Bertz CT molecular complexity index is 651. The van der Waals surface area contributed by atoms with Crippen molar-refractivity contribution in [1.82, 2.24) is 0 Å². The van der Waals surface area contributed by atoms with E-state index in [-0.39, 0.29) is 11.1 Å². The van der Waals surface area contributed by atoms with Crippen LogP contribution in [-0.4, -0.2) is 19.0 Å². The molecule has 0 unspecified atom stereocenters. The first-order chi connectivity index (χ1) is 10.1. The van der Waals surface area contributed by atoms with Gasteiger partial charge in [-0.15, -0.1) is 0 Å². The van der Waals surface area contributed by atoms with Crippen LogP contribution in [0.3, 0.4) is 0 Å². The van der Waals surface area contributed by atoms with Crippen LogP contribution < -0.4 is 4.74 Å². The van der Waals surface area contributed by atoms with E-state index in [0.29, 0.717) is 5.75 Å². The molecular weight excluding hydrogens is 340 g/mol. The van der Waals surface area contributed by atoms with Gasteiger partial charge in [0.1, 0.15) is 5.75 Å². The minimum Gasteiger partial charge on any atom is -0.497 e. The molecule has 0 saturated heterocycles. The Balaban J connectivity index is 1.95. The van der Waals surface area contributed by atoms with Crippen molar-refractivity contribution in [3.05, 3.63) is 64.1 Å². The van der Waals surface area contributed by atoms with Gasteiger partial charge in [0.25, 0.3) is 0 Å². The lowest BCUT2D eigenvalue weighted by atomic mass is 10.2. The van der Waals surface area contributed by atoms with E-state index in [1.54, 1.807) is 36.4 Å². The Morgan fingerprint density at radius 3 is 2.10 bits per heavy atom. The maximum absolute atomic E-state index is 11.7. The molecule has 0 radical (unpaired) electrons. The summed E-state index contributed by atoms with van der Waals surface area (Å²) in [6.07, 6.45) is 0. The second kappa shape index (κ2) is 6.90. The third-order valence-corrected chi connectivity index (χ3v) is 3.07. The fourth-order valence-corrected chi connectivity index (χ4v) is 1.91. The Kier molecular flexibility index (Phi) is 4.94. The molecule has 6 heteroatoms. The van der Waals surface area contributed by atoms with Gasteiger partial charge in [0, 0.05) is 4.47 Å². The van der Waals surface area contributed by atoms with E-state index in [0.717, 1.165) is 4.47 Å². The molecule has 2 aromatic rings. The van der Waals surface area contributed by atoms with Crippen molar-refractivity contribution in [2.75, 3.05) is 7.11 Å². The first-order valence-electron chi connectivity index (χ1n) is 5.93. The van der Waals surface area contributed by atoms with Crippen LogP contribution >= 0.6 is 15.9 Å². The van der Waals surface area contributed by atoms with E-state index in [1.807, 2.05) is 0 Å². The topological polar surface area (TPSA) is 61.8 Å². The van der Waals surface area contributed by atoms with Gasteiger partial charge in [-0.1, -0.05) is 22.0 Å². The van der Waals surface area contributed by atoms with Crippen LogP contribution in [0.25, 0.3) is 0 Å². The molecule has 2 rings (SSSR count). The quantitative estimate of drug-likeness (QED) is 0.627. The zero-order valence-electron chi connectivity index (χ0n) is 11.0. The van der Waals surface area contributed by atoms with E-state index in [1.165, 1.54) is 19.2 Å². The number of ether oxygens (including phenoxy) is 1. The van der Waals surface area contributed by atoms with Gasteiger partial charge in [0.15, 0.2) is 0 Å². The number of hydrogen-bond acceptors (Lipinski definition) is 5. The number of carbonyl (C=O) groups is 2. The van der Waals surface area contributed by atoms with E-state index in [4.69, 9.17) is 4.74 Å². The van der Waals surface area contributed by atoms with Crippen LogP contribution in [0.15, 0.2) is 53.0 Å². The molecule has 0 fully saturated rings. The summed E-state index contributed by atoms with van der Waals surface area (Å²) in [7, 11) is 1.52. The monoisotopic (exact) mass is 350 g/mol. The molecule has 5 nitrogen and oxygen atoms in total. The normalized spacial score (nSPS) is 9.81. The second-order valence-corrected chi connectivity index (χ2v) is 4.90. The van der Waals surface area contributed by atoms with Crippen LogP contribution in [-0.2, 0) is 9.78 Å². The third-order valence-electron chi connectivity index (χ3n) is 2.58. The predicted octanol–water partition coefficient (Wildman–Crippen LogP) is 3.39. The van der Waals surface area contributed by atoms with Crippen LogP contribution in [0, 0.1) is 0 Å². The molecular formula is C15H11BrO5. The lowest BCUT2D eigenvalue weighted by Crippen LogP contribution is -2.11. The molecule has 0 aliphatic heterocycles. The standard InChI is InChI=1S/C15H11BrO5/c1-19-13-7-5-10(6-8-13)14(17)20-21-15(18)11-3-2-4-12(16)9-11/h2-9H,1H3. The van der Waals surface area contributed by atoms with Gasteiger partial charge in [-0.05, 0) is 42.5 Å². The molecule has 21 heavy (non-hydrogen) atoms. The van der Waals surface area contributed by atoms with Gasteiger partial charge < -0.3 is 4.74 Å². The summed E-state index contributed by atoms with van der Waals surface area (Å²) in [4.78, 5) is 32.4. The highest BCUT2D eigenvalue weighted by molar-refractivity contribution is 9.10. The third kappa shape index (κ3) is 4.06. The average Bonchev–Trinajstić information content (AvgIpc) is 2.52. The molecule has 0 aliphatic rings. The smallest absolute Gasteiger partial charge is 0.386 e. The summed E-state index contributed by atoms with van der Waals surface area (Å²) in [5, 5.41) is 0. The van der Waals surface area contributed by atoms with E-state index in [9.17, 15) is 9.59 Å². The molecule has 0 saturated carbocycles. The zero-order valence-corrected chi connectivity index (χ0v) is 12.6. The van der Waals surface area contributed by atoms with E-state index >= 15 is 0 Å². The van der Waals surface area contributed by atoms with Crippen molar-refractivity contribution in [2.45, 2.75) is 0 Å². The number of hydrogen-bond donors (Lipinski definition) is 0. The minimum absolute atomic E-state index is 0.248. The molecule has 0 amide bonds. The molecule has 0 N–H and O–H groups in total. The van der Waals surface area contributed by atoms with Crippen LogP contribution in [0.4, 0.5) is 0 Å². The number of benzene rings is 2. The number of carbonyl (C=O) groups excluding carboxylic acids is 2. The molecule has 0 aliphatic carbocycles. The van der Waals surface area contributed by atoms with Gasteiger partial charge in [-0.3, -0.25) is 0 Å². The predicted molar refractivity (Wildman–Crippen MR) is 78.0 cm³/mol. The van der Waals surface area contributed by atoms with Gasteiger partial charge in [0.2, 0.25) is 0 Å². The van der Waals surface area contributed by atoms with Crippen LogP contribution in [0.1, 0.15) is 20.7 Å². The molecule has 0 atom stereocenters. The molecule has 108 valence electrons. The highest BCUT2D eigenvalue weighted by Crippen LogP contribution is 2.14. The summed E-state index contributed by atoms with van der Waals surface area (Å²) in [6, 6.07) is 12.8. The summed E-state index contributed by atoms with van der Waals surface area (Å²) in [5.74, 6) is -0.906. The lowest BCUT2D eigenvalue weighted by Gasteiger charge is -2.04. The Hall–Kier alpha value is -2.34. The molecule has 0 spiro atoms. The summed E-state index contributed by atoms with van der Waals surface area (Å²) in [6.45, 7) is 0. The molecule has 2 aromatic carbocycles. The summed E-state index contributed by atoms with van der Waals surface area (Å²) >= 11 is 3.23. The van der Waals surface area contributed by atoms with Gasteiger partial charge in [0.05, 0.1) is 18.2 Å². The highest BCUT2D eigenvalue weighted by atomic mass is 79.9. The lowest BCUT2D eigenvalue weighted by molar-refractivity contribution is -0.187. The fourth-order valence-electron chi connectivity index (χ4n) is 1.51. The van der Waals surface area contributed by atoms with Crippen molar-refractivity contribution in [1.29, 1.82) is 0 Å². The molecule has 0 heterocycles. The molecule has 0 bridgehead atoms. The van der Waals surface area contributed by atoms with Crippen molar-refractivity contribution in [3.63, 3.8) is 0 Å². The van der Waals surface area contributed by atoms with Gasteiger partial charge >= 0.3 is 11.9 Å². The maximum Gasteiger partial charge on any atom is 0.386 e. The second-order valence-electron chi connectivity index (χ2n) is 3.98. The van der Waals surface area contributed by atoms with Gasteiger partial charge in [-0.2, -0.15) is 0 Å². The molecule has 0 aromatic heterocycles. The number of methoxy groups -OCH3 is 1. The Morgan fingerprint density at radius 2 is 1.52 bits per heavy atom. The highest BCUT2D eigenvalue weighted by Gasteiger charge is 2.14. The Labute approximate surface area is 129 Å². The largest absolute Gasteiger partial charge is 0.497 e. The first-order valence-corrected chi connectivity index (χ1v) is 6.72. The minimum atomic E-state index is -0.763. The summed E-state index contributed by atoms with van der Waals surface area (Å²) in [5.41, 5.74) is 0.518. The van der Waals surface area contributed by atoms with Crippen LogP contribution in [0.5, 0.6) is 5.75 Å². The van der Waals surface area contributed by atoms with Crippen molar-refractivity contribution >= 4 is 27.9 Å². The summed E-state index contributed by atoms with van der Waals surface area (Å²) < 4.78 is 5.69. The van der Waals surface area contributed by atoms with E-state index < -0.39 is 11.9 Å². The number of halogens is 1. The first kappa shape index (κ1) is 15.1. The zero-order chi connectivity index (χ0) is 15.2. The average molecular weight is 351 g/mol. The van der Waals surface area contributed by atoms with E-state index in [2.05, 4.69) is 25.7 Å². The Morgan fingerprint density at radius 1 is 0.905 bits per heavy atom. The van der Waals surface area contributed by atoms with Crippen molar-refractivity contribution in [3.8, 4) is 5.75 Å². The fraction of sp³-hybridized carbons (Fsp3) is 0.0667. The van der Waals surface area contributed by atoms with Crippen molar-refractivity contribution in [2.24, 2.45) is 0 Å². The van der Waals surface area contributed by atoms with Gasteiger partial charge in [-0.25, -0.2) is 19.4 Å². The van der Waals surface area contributed by atoms with Crippen LogP contribution in [0.2, 0.25) is 0 Å².